The number of benzene rings is 3. The topological polar surface area (TPSA) is 15.3 Å². The molecule has 3 aromatic rings. The van der Waals surface area contributed by atoms with E-state index in [-0.39, 0.29) is 44.2 Å². The summed E-state index contributed by atoms with van der Waals surface area (Å²) in [4.78, 5) is 2.24. The number of hydrogen-bond donors (Lipinski definition) is 1. The maximum absolute atomic E-state index is 3.70. The summed E-state index contributed by atoms with van der Waals surface area (Å²) < 4.78 is 4.83. The van der Waals surface area contributed by atoms with E-state index in [1.54, 1.807) is 0 Å². The molecule has 1 aliphatic carbocycles. The summed E-state index contributed by atoms with van der Waals surface area (Å²) in [7, 11) is 4.27. The largest absolute Gasteiger partial charge is 0.147 e. The second-order valence-electron chi connectivity index (χ2n) is 7.55. The Labute approximate surface area is 201 Å². The van der Waals surface area contributed by atoms with E-state index in [2.05, 4.69) is 102 Å². The van der Waals surface area contributed by atoms with E-state index in [1.807, 2.05) is 0 Å². The van der Waals surface area contributed by atoms with Gasteiger partial charge >= 0.3 is 178 Å². The summed E-state index contributed by atoms with van der Waals surface area (Å²) in [5.74, 6) is 0. The molecule has 0 bridgehead atoms. The van der Waals surface area contributed by atoms with Gasteiger partial charge in [-0.05, 0) is 0 Å². The fourth-order valence-electron chi connectivity index (χ4n) is 3.83. The zero-order valence-electron chi connectivity index (χ0n) is 17.4. The summed E-state index contributed by atoms with van der Waals surface area (Å²) in [6.07, 6.45) is 5.83. The molecule has 0 unspecified atom stereocenters. The van der Waals surface area contributed by atoms with Gasteiger partial charge in [0, 0.05) is 0 Å². The van der Waals surface area contributed by atoms with Crippen LogP contribution in [0.4, 0.5) is 5.69 Å². The smallest absolute Gasteiger partial charge is 0.147 e. The standard InChI is InChI=1S/C19H20N.C6H6N.2ClH.Ti/c1-14-18-7-5-4-6-16(18)10-11-19(14)17-9-8-15(12-17)13-20(2)3;7-6-4-2-1-3-5-6;;;/h4-8,10-12H,1,9,13H2,2-3H3;1-5,7H;2*1H;/q;-1;;;+1. The molecule has 3 aromatic carbocycles. The minimum Gasteiger partial charge on any atom is -0.147 e. The van der Waals surface area contributed by atoms with Crippen LogP contribution < -0.4 is 3.80 Å². The molecule has 0 aromatic heterocycles. The third kappa shape index (κ3) is 6.00. The molecule has 4 rings (SSSR count). The number of nitrogens with one attached hydrogen (secondary N) is 1. The van der Waals surface area contributed by atoms with Crippen LogP contribution in [0.15, 0.2) is 84.5 Å². The Morgan fingerprint density at radius 2 is 1.63 bits per heavy atom. The number of allylic oxidation sites excluding steroid dienone is 2. The average molecular weight is 475 g/mol. The van der Waals surface area contributed by atoms with Crippen molar-refractivity contribution in [3.05, 3.63) is 95.6 Å². The summed E-state index contributed by atoms with van der Waals surface area (Å²) in [6.45, 7) is 1.01. The van der Waals surface area contributed by atoms with E-state index < -0.39 is 0 Å². The molecule has 0 amide bonds. The van der Waals surface area contributed by atoms with Crippen LogP contribution in [-0.2, 0) is 24.1 Å². The predicted octanol–water partition coefficient (Wildman–Crippen LogP) is 6.57. The van der Waals surface area contributed by atoms with Crippen LogP contribution in [-0.4, -0.2) is 25.5 Å². The number of anilines is 1. The van der Waals surface area contributed by atoms with E-state index in [4.69, 9.17) is 0 Å². The zero-order chi connectivity index (χ0) is 19.3. The van der Waals surface area contributed by atoms with Gasteiger partial charge in [0.2, 0.25) is 0 Å². The van der Waals surface area contributed by atoms with Crippen molar-refractivity contribution in [1.82, 2.24) is 4.90 Å². The number of fused-ring (bicyclic) bond motifs is 1. The van der Waals surface area contributed by atoms with Crippen molar-refractivity contribution in [2.75, 3.05) is 24.4 Å². The second kappa shape index (κ2) is 11.7. The first-order valence-electron chi connectivity index (χ1n) is 9.80. The molecule has 1 aliphatic rings. The monoisotopic (exact) mass is 474 g/mol. The fourth-order valence-corrected chi connectivity index (χ4v) is 5.42. The number of hydrogen-bond acceptors (Lipinski definition) is 2. The molecule has 2 nitrogen and oxygen atoms in total. The summed E-state index contributed by atoms with van der Waals surface area (Å²) in [5, 5.41) is 2.74. The van der Waals surface area contributed by atoms with Crippen molar-refractivity contribution in [3.63, 3.8) is 0 Å². The van der Waals surface area contributed by atoms with E-state index in [0.29, 0.717) is 0 Å². The van der Waals surface area contributed by atoms with Crippen LogP contribution in [0.25, 0.3) is 16.3 Å². The molecule has 0 saturated heterocycles. The number of halogens is 2. The van der Waals surface area contributed by atoms with Crippen LogP contribution in [0.3, 0.4) is 0 Å². The SMILES string of the molecule is CN(C)CC1=CCC(c2ccc3ccccc3c2[CH2][Ti][NH]c2ccccc2)=C1.Cl.Cl. The summed E-state index contributed by atoms with van der Waals surface area (Å²) >= 11 is -0.317. The molecule has 0 heterocycles. The Morgan fingerprint density at radius 3 is 2.40 bits per heavy atom. The first-order valence-corrected chi connectivity index (χ1v) is 11.7. The Kier molecular flexibility index (Phi) is 9.67. The first kappa shape index (κ1) is 24.7. The van der Waals surface area contributed by atoms with Gasteiger partial charge < -0.3 is 0 Å². The van der Waals surface area contributed by atoms with Gasteiger partial charge in [-0.3, -0.25) is 0 Å². The number of para-hydroxylation sites is 1. The molecule has 0 fully saturated rings. The minimum absolute atomic E-state index is 0. The van der Waals surface area contributed by atoms with Crippen molar-refractivity contribution in [3.8, 4) is 0 Å². The number of likely N-dealkylation sites (N-methyl/N-ethyl adjacent to an activating group) is 1. The third-order valence-corrected chi connectivity index (χ3v) is 6.66. The molecule has 0 aliphatic heterocycles. The van der Waals surface area contributed by atoms with Crippen molar-refractivity contribution < 1.29 is 19.4 Å². The van der Waals surface area contributed by atoms with Crippen LogP contribution in [0.5, 0.6) is 0 Å². The third-order valence-electron chi connectivity index (χ3n) is 5.10. The van der Waals surface area contributed by atoms with E-state index in [0.717, 1.165) is 17.7 Å². The van der Waals surface area contributed by atoms with Crippen LogP contribution in [0.2, 0.25) is 0 Å². The maximum atomic E-state index is 3.70. The molecule has 1 N–H and O–H groups in total. The molecule has 156 valence electrons. The normalized spacial score (nSPS) is 12.6. The van der Waals surface area contributed by atoms with Gasteiger partial charge in [0.1, 0.15) is 0 Å². The predicted molar refractivity (Wildman–Crippen MR) is 131 cm³/mol. The molecule has 0 saturated carbocycles. The van der Waals surface area contributed by atoms with Gasteiger partial charge in [-0.25, -0.2) is 0 Å². The second-order valence-corrected chi connectivity index (χ2v) is 9.04. The molecule has 0 spiro atoms. The minimum atomic E-state index is -0.317. The molecular weight excluding hydrogens is 447 g/mol. The van der Waals surface area contributed by atoms with Gasteiger partial charge in [-0.15, -0.1) is 24.8 Å². The van der Waals surface area contributed by atoms with Gasteiger partial charge in [0.25, 0.3) is 0 Å². The molecular formula is C25H28Cl2N2Ti. The van der Waals surface area contributed by atoms with Gasteiger partial charge in [0.05, 0.1) is 0 Å². The Balaban J connectivity index is 0.00000160. The number of nitrogens with zero attached hydrogens (tertiary/aromatic N) is 1. The molecule has 0 atom stereocenters. The van der Waals surface area contributed by atoms with Gasteiger partial charge in [-0.1, -0.05) is 0 Å². The molecule has 30 heavy (non-hydrogen) atoms. The van der Waals surface area contributed by atoms with E-state index in [9.17, 15) is 0 Å². The Morgan fingerprint density at radius 1 is 0.900 bits per heavy atom. The van der Waals surface area contributed by atoms with Crippen molar-refractivity contribution in [2.24, 2.45) is 0 Å². The Bertz CT molecular complexity index is 1030. The fraction of sp³-hybridized carbons (Fsp3) is 0.200. The quantitative estimate of drug-likeness (QED) is 0.389. The average Bonchev–Trinajstić information content (AvgIpc) is 3.16. The van der Waals surface area contributed by atoms with Gasteiger partial charge in [-0.2, -0.15) is 0 Å². The van der Waals surface area contributed by atoms with E-state index in [1.165, 1.54) is 38.7 Å². The maximum Gasteiger partial charge on any atom is -0.147 e. The zero-order valence-corrected chi connectivity index (χ0v) is 20.6. The van der Waals surface area contributed by atoms with Crippen LogP contribution in [0.1, 0.15) is 17.5 Å². The molecule has 0 radical (unpaired) electrons. The number of rotatable bonds is 7. The first-order chi connectivity index (χ1) is 13.7. The van der Waals surface area contributed by atoms with E-state index >= 15 is 0 Å². The molecule has 5 heteroatoms. The summed E-state index contributed by atoms with van der Waals surface area (Å²) in [6, 6.07) is 24.0. The van der Waals surface area contributed by atoms with Crippen molar-refractivity contribution in [2.45, 2.75) is 11.1 Å². The summed E-state index contributed by atoms with van der Waals surface area (Å²) in [5.41, 5.74) is 7.07. The van der Waals surface area contributed by atoms with Crippen LogP contribution in [0, 0.1) is 0 Å². The van der Waals surface area contributed by atoms with Crippen molar-refractivity contribution in [1.29, 1.82) is 0 Å². The Hall–Kier alpha value is -1.55. The van der Waals surface area contributed by atoms with Gasteiger partial charge in [0.15, 0.2) is 0 Å². The van der Waals surface area contributed by atoms with Crippen LogP contribution >= 0.6 is 24.8 Å². The van der Waals surface area contributed by atoms with Crippen molar-refractivity contribution >= 4 is 46.8 Å².